The van der Waals surface area contributed by atoms with Crippen molar-refractivity contribution >= 4 is 23.9 Å². The van der Waals surface area contributed by atoms with Gasteiger partial charge in [-0.15, -0.1) is 0 Å². The van der Waals surface area contributed by atoms with E-state index >= 15 is 0 Å². The Balaban J connectivity index is 2.33. The number of hydrogen-bond donors (Lipinski definition) is 2. The fraction of sp³-hybridized carbons (Fsp3) is 0.261. The molecular weight excluding hydrogens is 384 g/mol. The summed E-state index contributed by atoms with van der Waals surface area (Å²) in [5, 5.41) is 16.4. The summed E-state index contributed by atoms with van der Waals surface area (Å²) in [4.78, 5) is 37.1. The largest absolute Gasteiger partial charge is 0.548 e. The van der Waals surface area contributed by atoms with E-state index in [-0.39, 0.29) is 23.6 Å². The molecule has 0 aliphatic carbocycles. The molecule has 158 valence electrons. The van der Waals surface area contributed by atoms with Crippen molar-refractivity contribution < 1.29 is 24.2 Å². The van der Waals surface area contributed by atoms with Crippen molar-refractivity contribution in [2.24, 2.45) is 5.92 Å². The molecule has 0 aromatic heterocycles. The van der Waals surface area contributed by atoms with Crippen LogP contribution in [-0.4, -0.2) is 30.9 Å². The van der Waals surface area contributed by atoms with Crippen LogP contribution in [0.15, 0.2) is 60.3 Å². The maximum atomic E-state index is 12.8. The molecule has 0 saturated carbocycles. The fourth-order valence-electron chi connectivity index (χ4n) is 2.82. The molecule has 0 radical (unpaired) electrons. The first-order chi connectivity index (χ1) is 14.3. The van der Waals surface area contributed by atoms with Crippen LogP contribution in [0.25, 0.3) is 6.08 Å². The molecule has 7 nitrogen and oxygen atoms in total. The second-order valence-corrected chi connectivity index (χ2v) is 7.10. The van der Waals surface area contributed by atoms with Gasteiger partial charge >= 0.3 is 0 Å². The summed E-state index contributed by atoms with van der Waals surface area (Å²) < 4.78 is 5.20. The van der Waals surface area contributed by atoms with E-state index in [1.807, 2.05) is 19.9 Å². The van der Waals surface area contributed by atoms with Crippen LogP contribution in [0, 0.1) is 5.92 Å². The van der Waals surface area contributed by atoms with Crippen LogP contribution in [0.3, 0.4) is 0 Å². The van der Waals surface area contributed by atoms with Crippen LogP contribution in [0.1, 0.15) is 36.2 Å². The van der Waals surface area contributed by atoms with Crippen LogP contribution >= 0.6 is 0 Å². The molecule has 30 heavy (non-hydrogen) atoms. The van der Waals surface area contributed by atoms with Gasteiger partial charge in [-0.05, 0) is 36.1 Å². The minimum Gasteiger partial charge on any atom is -0.548 e. The van der Waals surface area contributed by atoms with Crippen molar-refractivity contribution in [3.63, 3.8) is 0 Å². The van der Waals surface area contributed by atoms with Crippen LogP contribution in [0.2, 0.25) is 0 Å². The average molecular weight is 409 g/mol. The fourth-order valence-corrected chi connectivity index (χ4v) is 2.82. The maximum Gasteiger partial charge on any atom is 0.268 e. The van der Waals surface area contributed by atoms with Gasteiger partial charge in [-0.1, -0.05) is 56.3 Å². The molecule has 0 fully saturated rings. The summed E-state index contributed by atoms with van der Waals surface area (Å²) in [7, 11) is 1.44. The van der Waals surface area contributed by atoms with E-state index in [1.54, 1.807) is 48.5 Å². The number of benzene rings is 2. The van der Waals surface area contributed by atoms with Crippen LogP contribution in [0.5, 0.6) is 5.75 Å². The average Bonchev–Trinajstić information content (AvgIpc) is 2.72. The molecule has 0 unspecified atom stereocenters. The Morgan fingerprint density at radius 2 is 1.67 bits per heavy atom. The number of aliphatic carboxylic acids is 1. The zero-order valence-corrected chi connectivity index (χ0v) is 17.2. The lowest BCUT2D eigenvalue weighted by Crippen LogP contribution is -2.50. The third kappa shape index (κ3) is 6.48. The summed E-state index contributed by atoms with van der Waals surface area (Å²) in [5.41, 5.74) is 0.814. The highest BCUT2D eigenvalue weighted by Gasteiger charge is 2.21. The van der Waals surface area contributed by atoms with Gasteiger partial charge in [0.1, 0.15) is 11.4 Å². The van der Waals surface area contributed by atoms with Gasteiger partial charge in [0, 0.05) is 0 Å². The number of rotatable bonds is 9. The van der Waals surface area contributed by atoms with Crippen molar-refractivity contribution in [1.29, 1.82) is 0 Å². The van der Waals surface area contributed by atoms with E-state index < -0.39 is 23.8 Å². The first-order valence-corrected chi connectivity index (χ1v) is 9.54. The minimum absolute atomic E-state index is 0.0259. The smallest absolute Gasteiger partial charge is 0.268 e. The molecule has 2 aromatic carbocycles. The SMILES string of the molecule is COc1ccccc1C(=O)N/C(=C\c1ccccc1)C(=O)N[C@H](CC(C)C)C(=O)[O-]. The van der Waals surface area contributed by atoms with E-state index in [2.05, 4.69) is 10.6 Å². The molecule has 0 aliphatic heterocycles. The maximum absolute atomic E-state index is 12.8. The number of para-hydroxylation sites is 1. The van der Waals surface area contributed by atoms with E-state index in [0.29, 0.717) is 11.3 Å². The molecule has 0 bridgehead atoms. The topological polar surface area (TPSA) is 108 Å². The number of ether oxygens (including phenoxy) is 1. The van der Waals surface area contributed by atoms with Gasteiger partial charge in [-0.25, -0.2) is 0 Å². The van der Waals surface area contributed by atoms with Crippen molar-refractivity contribution in [2.45, 2.75) is 26.3 Å². The molecule has 1 atom stereocenters. The number of carboxylic acids is 1. The van der Waals surface area contributed by atoms with Crippen molar-refractivity contribution in [3.8, 4) is 5.75 Å². The molecule has 7 heteroatoms. The lowest BCUT2D eigenvalue weighted by atomic mass is 10.0. The number of hydrogen-bond acceptors (Lipinski definition) is 5. The predicted octanol–water partition coefficient (Wildman–Crippen LogP) is 1.75. The second-order valence-electron chi connectivity index (χ2n) is 7.10. The van der Waals surface area contributed by atoms with E-state index in [9.17, 15) is 19.5 Å². The number of methoxy groups -OCH3 is 1. The van der Waals surface area contributed by atoms with Crippen LogP contribution < -0.4 is 20.5 Å². The third-order valence-electron chi connectivity index (χ3n) is 4.25. The number of carbonyl (C=O) groups is 3. The standard InChI is InChI=1S/C23H26N2O5/c1-15(2)13-19(23(28)29)25-22(27)18(14-16-9-5-4-6-10-16)24-21(26)17-11-7-8-12-20(17)30-3/h4-12,14-15,19H,13H2,1-3H3,(H,24,26)(H,25,27)(H,28,29)/p-1/b18-14-/t19-/m1/s1. The highest BCUT2D eigenvalue weighted by atomic mass is 16.5. The molecule has 0 saturated heterocycles. The summed E-state index contributed by atoms with van der Waals surface area (Å²) in [5.74, 6) is -2.29. The Morgan fingerprint density at radius 3 is 2.27 bits per heavy atom. The zero-order chi connectivity index (χ0) is 22.1. The highest BCUT2D eigenvalue weighted by Crippen LogP contribution is 2.18. The van der Waals surface area contributed by atoms with Gasteiger partial charge in [0.05, 0.1) is 24.7 Å². The normalized spacial score (nSPS) is 12.2. The van der Waals surface area contributed by atoms with Gasteiger partial charge in [0.25, 0.3) is 11.8 Å². The van der Waals surface area contributed by atoms with Gasteiger partial charge in [0.2, 0.25) is 0 Å². The number of carboxylic acid groups (broad SMARTS) is 1. The first-order valence-electron chi connectivity index (χ1n) is 9.54. The van der Waals surface area contributed by atoms with Gasteiger partial charge in [-0.3, -0.25) is 9.59 Å². The predicted molar refractivity (Wildman–Crippen MR) is 111 cm³/mol. The minimum atomic E-state index is -1.38. The Kier molecular flexibility index (Phi) is 8.17. The lowest BCUT2D eigenvalue weighted by Gasteiger charge is -2.22. The first kappa shape index (κ1) is 22.7. The Bertz CT molecular complexity index is 922. The third-order valence-corrected chi connectivity index (χ3v) is 4.25. The van der Waals surface area contributed by atoms with Crippen LogP contribution in [-0.2, 0) is 9.59 Å². The quantitative estimate of drug-likeness (QED) is 0.614. The molecular formula is C23H25N2O5-. The second kappa shape index (κ2) is 10.8. The molecule has 2 N–H and O–H groups in total. The number of amides is 2. The monoisotopic (exact) mass is 409 g/mol. The Labute approximate surface area is 175 Å². The van der Waals surface area contributed by atoms with Crippen molar-refractivity contribution in [2.75, 3.05) is 7.11 Å². The number of carbonyl (C=O) groups excluding carboxylic acids is 3. The molecule has 0 heterocycles. The summed E-state index contributed by atoms with van der Waals surface area (Å²) in [6.45, 7) is 3.68. The Morgan fingerprint density at radius 1 is 1.03 bits per heavy atom. The lowest BCUT2D eigenvalue weighted by molar-refractivity contribution is -0.308. The highest BCUT2D eigenvalue weighted by molar-refractivity contribution is 6.06. The molecule has 2 rings (SSSR count). The van der Waals surface area contributed by atoms with Gasteiger partial charge in [-0.2, -0.15) is 0 Å². The number of nitrogens with one attached hydrogen (secondary N) is 2. The molecule has 0 aliphatic rings. The molecule has 2 aromatic rings. The van der Waals surface area contributed by atoms with Gasteiger partial charge < -0.3 is 25.3 Å². The van der Waals surface area contributed by atoms with Crippen molar-refractivity contribution in [1.82, 2.24) is 10.6 Å². The zero-order valence-electron chi connectivity index (χ0n) is 17.2. The summed E-state index contributed by atoms with van der Waals surface area (Å²) in [6.07, 6.45) is 1.68. The van der Waals surface area contributed by atoms with Crippen molar-refractivity contribution in [3.05, 3.63) is 71.4 Å². The molecule has 2 amide bonds. The van der Waals surface area contributed by atoms with Gasteiger partial charge in [0.15, 0.2) is 0 Å². The van der Waals surface area contributed by atoms with Crippen LogP contribution in [0.4, 0.5) is 0 Å². The van der Waals surface area contributed by atoms with E-state index in [4.69, 9.17) is 4.74 Å². The van der Waals surface area contributed by atoms with E-state index in [1.165, 1.54) is 13.2 Å². The molecule has 0 spiro atoms. The summed E-state index contributed by atoms with van der Waals surface area (Å²) >= 11 is 0. The Hall–Kier alpha value is -3.61. The summed E-state index contributed by atoms with van der Waals surface area (Å²) in [6, 6.07) is 14.3. The van der Waals surface area contributed by atoms with E-state index in [0.717, 1.165) is 0 Å².